The third-order valence-electron chi connectivity index (χ3n) is 4.11. The Hall–Kier alpha value is -0.650. The molecule has 1 unspecified atom stereocenters. The third kappa shape index (κ3) is 4.16. The lowest BCUT2D eigenvalue weighted by atomic mass is 9.97. The maximum absolute atomic E-state index is 12.1. The van der Waals surface area contributed by atoms with E-state index in [9.17, 15) is 9.90 Å². The molecule has 110 valence electrons. The Kier molecular flexibility index (Phi) is 4.81. The predicted octanol–water partition coefficient (Wildman–Crippen LogP) is 0.517. The minimum Gasteiger partial charge on any atom is -0.389 e. The topological polar surface area (TPSA) is 61.8 Å². The van der Waals surface area contributed by atoms with Crippen LogP contribution in [0.25, 0.3) is 0 Å². The summed E-state index contributed by atoms with van der Waals surface area (Å²) in [6, 6.07) is 0.345. The standard InChI is InChI=1S/C14H26N2O3/c1-14(2,18)12-4-3-7-16(12)10-13(17)15-11-5-8-19-9-6-11/h11-12,18H,3-10H2,1-2H3,(H,15,17). The van der Waals surface area contributed by atoms with Crippen molar-refractivity contribution in [3.63, 3.8) is 0 Å². The Balaban J connectivity index is 1.81. The molecule has 5 nitrogen and oxygen atoms in total. The number of rotatable bonds is 4. The van der Waals surface area contributed by atoms with Crippen LogP contribution in [0.5, 0.6) is 0 Å². The predicted molar refractivity (Wildman–Crippen MR) is 72.9 cm³/mol. The molecule has 19 heavy (non-hydrogen) atoms. The van der Waals surface area contributed by atoms with Crippen molar-refractivity contribution in [2.45, 2.75) is 57.2 Å². The van der Waals surface area contributed by atoms with E-state index in [1.54, 1.807) is 0 Å². The highest BCUT2D eigenvalue weighted by molar-refractivity contribution is 5.78. The summed E-state index contributed by atoms with van der Waals surface area (Å²) in [7, 11) is 0. The van der Waals surface area contributed by atoms with E-state index in [1.165, 1.54) is 0 Å². The van der Waals surface area contributed by atoms with Gasteiger partial charge in [-0.1, -0.05) is 0 Å². The lowest BCUT2D eigenvalue weighted by Gasteiger charge is -2.33. The van der Waals surface area contributed by atoms with Gasteiger partial charge in [0.05, 0.1) is 12.1 Å². The van der Waals surface area contributed by atoms with Crippen LogP contribution >= 0.6 is 0 Å². The SMILES string of the molecule is CC(C)(O)C1CCCN1CC(=O)NC1CCOCC1. The number of amides is 1. The number of hydrogen-bond acceptors (Lipinski definition) is 4. The van der Waals surface area contributed by atoms with Crippen LogP contribution in [0.3, 0.4) is 0 Å². The normalized spacial score (nSPS) is 26.6. The van der Waals surface area contributed by atoms with Gasteiger partial charge in [-0.2, -0.15) is 0 Å². The molecule has 0 aliphatic carbocycles. The Morgan fingerprint density at radius 3 is 2.68 bits per heavy atom. The Bertz CT molecular complexity index is 308. The Morgan fingerprint density at radius 1 is 1.37 bits per heavy atom. The maximum Gasteiger partial charge on any atom is 0.234 e. The second-order valence-electron chi connectivity index (χ2n) is 6.24. The van der Waals surface area contributed by atoms with Crippen LogP contribution in [0.15, 0.2) is 0 Å². The lowest BCUT2D eigenvalue weighted by Crippen LogP contribution is -2.50. The van der Waals surface area contributed by atoms with Crippen LogP contribution < -0.4 is 5.32 Å². The number of nitrogens with one attached hydrogen (secondary N) is 1. The highest BCUT2D eigenvalue weighted by atomic mass is 16.5. The van der Waals surface area contributed by atoms with E-state index in [2.05, 4.69) is 10.2 Å². The number of carbonyl (C=O) groups excluding carboxylic acids is 1. The van der Waals surface area contributed by atoms with E-state index in [4.69, 9.17) is 4.74 Å². The Labute approximate surface area is 115 Å². The molecule has 2 N–H and O–H groups in total. The smallest absolute Gasteiger partial charge is 0.234 e. The minimum absolute atomic E-state index is 0.0723. The van der Waals surface area contributed by atoms with Gasteiger partial charge in [0.25, 0.3) is 0 Å². The van der Waals surface area contributed by atoms with Gasteiger partial charge in [0, 0.05) is 25.3 Å². The zero-order chi connectivity index (χ0) is 13.9. The molecular formula is C14H26N2O3. The largest absolute Gasteiger partial charge is 0.389 e. The molecule has 0 spiro atoms. The molecule has 2 rings (SSSR count). The minimum atomic E-state index is -0.741. The fourth-order valence-corrected chi connectivity index (χ4v) is 3.12. The van der Waals surface area contributed by atoms with Gasteiger partial charge in [0.1, 0.15) is 0 Å². The van der Waals surface area contributed by atoms with Crippen molar-refractivity contribution in [3.8, 4) is 0 Å². The molecule has 0 aromatic carbocycles. The highest BCUT2D eigenvalue weighted by Crippen LogP contribution is 2.26. The second-order valence-corrected chi connectivity index (χ2v) is 6.24. The van der Waals surface area contributed by atoms with Crippen molar-refractivity contribution in [2.24, 2.45) is 0 Å². The van der Waals surface area contributed by atoms with Crippen LogP contribution in [0.1, 0.15) is 39.5 Å². The van der Waals surface area contributed by atoms with E-state index >= 15 is 0 Å². The van der Waals surface area contributed by atoms with Crippen molar-refractivity contribution in [1.82, 2.24) is 10.2 Å². The van der Waals surface area contributed by atoms with E-state index in [0.29, 0.717) is 6.54 Å². The number of hydrogen-bond donors (Lipinski definition) is 2. The van der Waals surface area contributed by atoms with Gasteiger partial charge in [0.2, 0.25) is 5.91 Å². The summed E-state index contributed by atoms with van der Waals surface area (Å²) >= 11 is 0. The van der Waals surface area contributed by atoms with Gasteiger partial charge in [0.15, 0.2) is 0 Å². The fraction of sp³-hybridized carbons (Fsp3) is 0.929. The molecule has 2 aliphatic rings. The van der Waals surface area contributed by atoms with E-state index in [1.807, 2.05) is 13.8 Å². The van der Waals surface area contributed by atoms with Crippen molar-refractivity contribution in [1.29, 1.82) is 0 Å². The molecule has 2 heterocycles. The summed E-state index contributed by atoms with van der Waals surface area (Å²) in [5.41, 5.74) is -0.741. The van der Waals surface area contributed by atoms with E-state index < -0.39 is 5.60 Å². The number of carbonyl (C=O) groups is 1. The quantitative estimate of drug-likeness (QED) is 0.782. The highest BCUT2D eigenvalue weighted by Gasteiger charge is 2.36. The van der Waals surface area contributed by atoms with E-state index in [0.717, 1.165) is 45.4 Å². The fourth-order valence-electron chi connectivity index (χ4n) is 3.12. The van der Waals surface area contributed by atoms with Crippen molar-refractivity contribution in [2.75, 3.05) is 26.3 Å². The molecular weight excluding hydrogens is 244 g/mol. The van der Waals surface area contributed by atoms with Crippen LogP contribution in [0, 0.1) is 0 Å². The van der Waals surface area contributed by atoms with Crippen LogP contribution in [-0.2, 0) is 9.53 Å². The summed E-state index contributed by atoms with van der Waals surface area (Å²) in [4.78, 5) is 14.2. The number of likely N-dealkylation sites (tertiary alicyclic amines) is 1. The monoisotopic (exact) mass is 270 g/mol. The molecule has 2 fully saturated rings. The third-order valence-corrected chi connectivity index (χ3v) is 4.11. The first-order valence-electron chi connectivity index (χ1n) is 7.30. The first-order chi connectivity index (χ1) is 8.97. The van der Waals surface area contributed by atoms with Gasteiger partial charge in [-0.25, -0.2) is 0 Å². The zero-order valence-corrected chi connectivity index (χ0v) is 12.0. The van der Waals surface area contributed by atoms with Crippen LogP contribution in [-0.4, -0.2) is 59.9 Å². The van der Waals surface area contributed by atoms with E-state index in [-0.39, 0.29) is 18.0 Å². The van der Waals surface area contributed by atoms with Gasteiger partial charge in [-0.15, -0.1) is 0 Å². The van der Waals surface area contributed by atoms with Gasteiger partial charge < -0.3 is 15.2 Å². The molecule has 2 aliphatic heterocycles. The van der Waals surface area contributed by atoms with Gasteiger partial charge in [-0.05, 0) is 46.1 Å². The molecule has 0 aromatic heterocycles. The summed E-state index contributed by atoms with van der Waals surface area (Å²) in [6.07, 6.45) is 3.83. The molecule has 5 heteroatoms. The summed E-state index contributed by atoms with van der Waals surface area (Å²) in [6.45, 7) is 6.42. The molecule has 1 amide bonds. The maximum atomic E-state index is 12.1. The molecule has 1 atom stereocenters. The van der Waals surface area contributed by atoms with Gasteiger partial charge >= 0.3 is 0 Å². The molecule has 2 saturated heterocycles. The van der Waals surface area contributed by atoms with Crippen molar-refractivity contribution < 1.29 is 14.6 Å². The van der Waals surface area contributed by atoms with Crippen LogP contribution in [0.4, 0.5) is 0 Å². The average Bonchev–Trinajstić information content (AvgIpc) is 2.78. The Morgan fingerprint density at radius 2 is 2.05 bits per heavy atom. The second kappa shape index (κ2) is 6.20. The van der Waals surface area contributed by atoms with Crippen LogP contribution in [0.2, 0.25) is 0 Å². The van der Waals surface area contributed by atoms with Crippen molar-refractivity contribution >= 4 is 5.91 Å². The van der Waals surface area contributed by atoms with Gasteiger partial charge in [-0.3, -0.25) is 9.69 Å². The van der Waals surface area contributed by atoms with Crippen molar-refractivity contribution in [3.05, 3.63) is 0 Å². The summed E-state index contributed by atoms with van der Waals surface area (Å²) in [5.74, 6) is 0.0723. The number of aliphatic hydroxyl groups is 1. The number of ether oxygens (including phenoxy) is 1. The molecule has 0 bridgehead atoms. The first kappa shape index (κ1) is 14.8. The average molecular weight is 270 g/mol. The summed E-state index contributed by atoms with van der Waals surface area (Å²) < 4.78 is 5.28. The summed E-state index contributed by atoms with van der Waals surface area (Å²) in [5, 5.41) is 13.2. The molecule has 0 saturated carbocycles. The molecule has 0 radical (unpaired) electrons. The first-order valence-corrected chi connectivity index (χ1v) is 7.30. The number of nitrogens with zero attached hydrogens (tertiary/aromatic N) is 1. The lowest BCUT2D eigenvalue weighted by molar-refractivity contribution is -0.124. The zero-order valence-electron chi connectivity index (χ0n) is 12.0. The molecule has 0 aromatic rings.